The maximum atomic E-state index is 12.4. The fraction of sp³-hybridized carbons (Fsp3) is 0.188. The second kappa shape index (κ2) is 6.35. The van der Waals surface area contributed by atoms with Crippen LogP contribution in [0.2, 0.25) is 0 Å². The molecule has 2 rings (SSSR count). The third-order valence-electron chi connectivity index (χ3n) is 3.20. The lowest BCUT2D eigenvalue weighted by Gasteiger charge is -2.13. The zero-order valence-corrected chi connectivity index (χ0v) is 11.7. The average Bonchev–Trinajstić information content (AvgIpc) is 2.44. The highest BCUT2D eigenvalue weighted by molar-refractivity contribution is 6.06. The Kier molecular flexibility index (Phi) is 4.52. The number of halogens is 2. The standard InChI is InChI=1S/C16H15F2NO2/c1-10-6-5-8-13(11(10)2)19-15(20)12-7-3-4-9-14(12)21-16(17)18/h3-9,16H,1-2H3,(H,19,20). The molecule has 0 spiro atoms. The molecule has 0 aliphatic rings. The summed E-state index contributed by atoms with van der Waals surface area (Å²) in [5.41, 5.74) is 2.67. The monoisotopic (exact) mass is 291 g/mol. The van der Waals surface area contributed by atoms with E-state index in [0.29, 0.717) is 5.69 Å². The van der Waals surface area contributed by atoms with Crippen LogP contribution in [0, 0.1) is 13.8 Å². The number of aryl methyl sites for hydroxylation is 1. The van der Waals surface area contributed by atoms with E-state index < -0.39 is 12.5 Å². The molecule has 5 heteroatoms. The SMILES string of the molecule is Cc1cccc(NC(=O)c2ccccc2OC(F)F)c1C. The van der Waals surface area contributed by atoms with Crippen LogP contribution in [0.4, 0.5) is 14.5 Å². The predicted octanol–water partition coefficient (Wildman–Crippen LogP) is 4.16. The van der Waals surface area contributed by atoms with E-state index in [-0.39, 0.29) is 11.3 Å². The van der Waals surface area contributed by atoms with Crippen molar-refractivity contribution >= 4 is 11.6 Å². The van der Waals surface area contributed by atoms with Crippen LogP contribution >= 0.6 is 0 Å². The van der Waals surface area contributed by atoms with Crippen LogP contribution in [0.15, 0.2) is 42.5 Å². The molecule has 3 nitrogen and oxygen atoms in total. The van der Waals surface area contributed by atoms with E-state index in [1.807, 2.05) is 26.0 Å². The Balaban J connectivity index is 2.27. The minimum absolute atomic E-state index is 0.0682. The average molecular weight is 291 g/mol. The first-order valence-electron chi connectivity index (χ1n) is 6.40. The smallest absolute Gasteiger partial charge is 0.387 e. The van der Waals surface area contributed by atoms with Gasteiger partial charge in [0.2, 0.25) is 0 Å². The molecule has 2 aromatic carbocycles. The molecule has 0 atom stereocenters. The molecule has 0 aliphatic carbocycles. The Labute approximate surface area is 121 Å². The molecule has 0 aromatic heterocycles. The number of ether oxygens (including phenoxy) is 1. The number of alkyl halides is 2. The second-order valence-corrected chi connectivity index (χ2v) is 4.58. The maximum Gasteiger partial charge on any atom is 0.387 e. The van der Waals surface area contributed by atoms with Crippen molar-refractivity contribution in [1.29, 1.82) is 0 Å². The number of para-hydroxylation sites is 1. The van der Waals surface area contributed by atoms with Crippen LogP contribution in [0.3, 0.4) is 0 Å². The molecular weight excluding hydrogens is 276 g/mol. The topological polar surface area (TPSA) is 38.3 Å². The minimum atomic E-state index is -2.97. The molecule has 0 fully saturated rings. The Morgan fingerprint density at radius 3 is 2.52 bits per heavy atom. The summed E-state index contributed by atoms with van der Waals surface area (Å²) in [7, 11) is 0. The van der Waals surface area contributed by atoms with Gasteiger partial charge >= 0.3 is 6.61 Å². The first-order chi connectivity index (χ1) is 9.99. The van der Waals surface area contributed by atoms with E-state index >= 15 is 0 Å². The number of carbonyl (C=O) groups is 1. The van der Waals surface area contributed by atoms with Crippen molar-refractivity contribution < 1.29 is 18.3 Å². The largest absolute Gasteiger partial charge is 0.434 e. The Bertz CT molecular complexity index is 656. The number of amides is 1. The highest BCUT2D eigenvalue weighted by Gasteiger charge is 2.16. The first-order valence-corrected chi connectivity index (χ1v) is 6.40. The van der Waals surface area contributed by atoms with Crippen LogP contribution in [0.5, 0.6) is 5.75 Å². The third-order valence-corrected chi connectivity index (χ3v) is 3.20. The van der Waals surface area contributed by atoms with Gasteiger partial charge in [-0.2, -0.15) is 8.78 Å². The summed E-state index contributed by atoms with van der Waals surface area (Å²) in [5.74, 6) is -0.629. The van der Waals surface area contributed by atoms with Crippen molar-refractivity contribution in [1.82, 2.24) is 0 Å². The maximum absolute atomic E-state index is 12.4. The van der Waals surface area contributed by atoms with Crippen molar-refractivity contribution in [3.05, 3.63) is 59.2 Å². The van der Waals surface area contributed by atoms with Crippen molar-refractivity contribution in [2.24, 2.45) is 0 Å². The lowest BCUT2D eigenvalue weighted by Crippen LogP contribution is -2.15. The number of anilines is 1. The third kappa shape index (κ3) is 3.56. The summed E-state index contributed by atoms with van der Waals surface area (Å²) >= 11 is 0. The second-order valence-electron chi connectivity index (χ2n) is 4.58. The minimum Gasteiger partial charge on any atom is -0.434 e. The summed E-state index contributed by atoms with van der Waals surface area (Å²) in [6.45, 7) is 0.838. The number of nitrogens with one attached hydrogen (secondary N) is 1. The van der Waals surface area contributed by atoms with Crippen LogP contribution in [0.25, 0.3) is 0 Å². The van der Waals surface area contributed by atoms with Gasteiger partial charge in [-0.15, -0.1) is 0 Å². The van der Waals surface area contributed by atoms with Crippen molar-refractivity contribution in [2.75, 3.05) is 5.32 Å². The van der Waals surface area contributed by atoms with Crippen LogP contribution in [-0.2, 0) is 0 Å². The van der Waals surface area contributed by atoms with Gasteiger partial charge in [-0.05, 0) is 43.2 Å². The quantitative estimate of drug-likeness (QED) is 0.918. The van der Waals surface area contributed by atoms with Crippen molar-refractivity contribution in [3.63, 3.8) is 0 Å². The summed E-state index contributed by atoms with van der Waals surface area (Å²) in [6.07, 6.45) is 0. The predicted molar refractivity (Wildman–Crippen MR) is 76.9 cm³/mol. The zero-order chi connectivity index (χ0) is 15.4. The Hall–Kier alpha value is -2.43. The number of hydrogen-bond donors (Lipinski definition) is 1. The number of hydrogen-bond acceptors (Lipinski definition) is 2. The van der Waals surface area contributed by atoms with E-state index in [4.69, 9.17) is 0 Å². The molecular formula is C16H15F2NO2. The number of benzene rings is 2. The van der Waals surface area contributed by atoms with Crippen molar-refractivity contribution in [3.8, 4) is 5.75 Å². The Morgan fingerprint density at radius 2 is 1.81 bits per heavy atom. The molecule has 110 valence electrons. The van der Waals surface area contributed by atoms with E-state index in [0.717, 1.165) is 11.1 Å². The molecule has 0 heterocycles. The molecule has 21 heavy (non-hydrogen) atoms. The molecule has 0 saturated carbocycles. The molecule has 0 bridgehead atoms. The number of rotatable bonds is 4. The van der Waals surface area contributed by atoms with Crippen LogP contribution in [0.1, 0.15) is 21.5 Å². The zero-order valence-electron chi connectivity index (χ0n) is 11.7. The molecule has 0 unspecified atom stereocenters. The molecule has 1 amide bonds. The van der Waals surface area contributed by atoms with Crippen molar-refractivity contribution in [2.45, 2.75) is 20.5 Å². The molecule has 2 aromatic rings. The molecule has 1 N–H and O–H groups in total. The van der Waals surface area contributed by atoms with Crippen LogP contribution < -0.4 is 10.1 Å². The van der Waals surface area contributed by atoms with Gasteiger partial charge in [0.15, 0.2) is 0 Å². The fourth-order valence-electron chi connectivity index (χ4n) is 1.93. The van der Waals surface area contributed by atoms with Gasteiger partial charge < -0.3 is 10.1 Å². The Morgan fingerprint density at radius 1 is 1.10 bits per heavy atom. The van der Waals surface area contributed by atoms with Gasteiger partial charge in [0.05, 0.1) is 5.56 Å². The van der Waals surface area contributed by atoms with Gasteiger partial charge in [-0.1, -0.05) is 24.3 Å². The lowest BCUT2D eigenvalue weighted by atomic mass is 10.1. The van der Waals surface area contributed by atoms with E-state index in [1.54, 1.807) is 12.1 Å². The highest BCUT2D eigenvalue weighted by Crippen LogP contribution is 2.23. The van der Waals surface area contributed by atoms with Gasteiger partial charge in [0, 0.05) is 5.69 Å². The summed E-state index contributed by atoms with van der Waals surface area (Å²) in [6, 6.07) is 11.4. The molecule has 0 radical (unpaired) electrons. The van der Waals surface area contributed by atoms with Gasteiger partial charge in [0.25, 0.3) is 5.91 Å². The number of carbonyl (C=O) groups excluding carboxylic acids is 1. The van der Waals surface area contributed by atoms with E-state index in [1.165, 1.54) is 18.2 Å². The summed E-state index contributed by atoms with van der Waals surface area (Å²) in [5, 5.41) is 2.72. The summed E-state index contributed by atoms with van der Waals surface area (Å²) < 4.78 is 29.1. The molecule has 0 aliphatic heterocycles. The van der Waals surface area contributed by atoms with E-state index in [2.05, 4.69) is 10.1 Å². The van der Waals surface area contributed by atoms with Gasteiger partial charge in [-0.3, -0.25) is 4.79 Å². The summed E-state index contributed by atoms with van der Waals surface area (Å²) in [4.78, 5) is 12.2. The van der Waals surface area contributed by atoms with E-state index in [9.17, 15) is 13.6 Å². The molecule has 0 saturated heterocycles. The normalized spacial score (nSPS) is 10.5. The van der Waals surface area contributed by atoms with Gasteiger partial charge in [0.1, 0.15) is 5.75 Å². The van der Waals surface area contributed by atoms with Crippen LogP contribution in [-0.4, -0.2) is 12.5 Å². The lowest BCUT2D eigenvalue weighted by molar-refractivity contribution is -0.0501. The first kappa shape index (κ1) is 15.0. The fourth-order valence-corrected chi connectivity index (χ4v) is 1.93. The highest BCUT2D eigenvalue weighted by atomic mass is 19.3. The van der Waals surface area contributed by atoms with Gasteiger partial charge in [-0.25, -0.2) is 0 Å².